The number of phenolic OH excluding ortho intramolecular Hbond substituents is 1. The van der Waals surface area contributed by atoms with Gasteiger partial charge in [0.2, 0.25) is 0 Å². The normalized spacial score (nSPS) is 11.0. The zero-order chi connectivity index (χ0) is 15.6. The molecule has 0 aliphatic carbocycles. The molecule has 0 aliphatic heterocycles. The molecule has 21 heavy (non-hydrogen) atoms. The number of carbonyl (C=O) groups is 1. The van der Waals surface area contributed by atoms with E-state index in [9.17, 15) is 18.3 Å². The first-order chi connectivity index (χ1) is 9.79. The lowest BCUT2D eigenvalue weighted by Crippen LogP contribution is -2.13. The summed E-state index contributed by atoms with van der Waals surface area (Å²) in [5.74, 6) is -1.92. The van der Waals surface area contributed by atoms with E-state index < -0.39 is 27.3 Å². The quantitative estimate of drug-likeness (QED) is 0.636. The van der Waals surface area contributed by atoms with Crippen LogP contribution in [0.1, 0.15) is 10.4 Å². The first-order valence-corrected chi connectivity index (χ1v) is 7.16. The van der Waals surface area contributed by atoms with Crippen LogP contribution in [-0.2, 0) is 10.0 Å². The molecule has 0 heterocycles. The predicted octanol–water partition coefficient (Wildman–Crippen LogP) is 1.60. The lowest BCUT2D eigenvalue weighted by atomic mass is 10.2. The van der Waals surface area contributed by atoms with Crippen LogP contribution in [0.5, 0.6) is 11.5 Å². The maximum Gasteiger partial charge on any atom is 0.339 e. The molecule has 7 nitrogen and oxygen atoms in total. The minimum absolute atomic E-state index is 0.00160. The van der Waals surface area contributed by atoms with Crippen LogP contribution in [0.15, 0.2) is 47.4 Å². The van der Waals surface area contributed by atoms with Gasteiger partial charge < -0.3 is 15.3 Å². The number of carboxylic acids is 1. The molecular weight excluding hydrogens is 298 g/mol. The molecule has 0 unspecified atom stereocenters. The zero-order valence-corrected chi connectivity index (χ0v) is 11.3. The Morgan fingerprint density at radius 2 is 1.62 bits per heavy atom. The summed E-state index contributed by atoms with van der Waals surface area (Å²) < 4.78 is 26.3. The number of aromatic carboxylic acids is 1. The molecule has 0 saturated carbocycles. The Labute approximate surface area is 120 Å². The van der Waals surface area contributed by atoms with Crippen molar-refractivity contribution in [3.8, 4) is 11.5 Å². The van der Waals surface area contributed by atoms with Gasteiger partial charge in [0.1, 0.15) is 17.1 Å². The summed E-state index contributed by atoms with van der Waals surface area (Å²) in [6.07, 6.45) is 0. The van der Waals surface area contributed by atoms with Gasteiger partial charge in [0.15, 0.2) is 0 Å². The Morgan fingerprint density at radius 3 is 2.19 bits per heavy atom. The molecule has 0 radical (unpaired) electrons. The van der Waals surface area contributed by atoms with E-state index in [1.807, 2.05) is 0 Å². The van der Waals surface area contributed by atoms with Crippen LogP contribution < -0.4 is 4.72 Å². The number of hydrogen-bond acceptors (Lipinski definition) is 5. The monoisotopic (exact) mass is 309 g/mol. The topological polar surface area (TPSA) is 124 Å². The summed E-state index contributed by atoms with van der Waals surface area (Å²) in [7, 11) is -3.92. The van der Waals surface area contributed by atoms with Crippen molar-refractivity contribution < 1.29 is 28.5 Å². The standard InChI is InChI=1S/C13H11NO6S/c15-9-2-4-10(5-3-9)21(19,20)14-8-1-6-12(16)11(7-8)13(17)18/h1-7,14-16H,(H,17,18). The van der Waals surface area contributed by atoms with Gasteiger partial charge in [0, 0.05) is 5.69 Å². The largest absolute Gasteiger partial charge is 0.508 e. The van der Waals surface area contributed by atoms with Gasteiger partial charge >= 0.3 is 5.97 Å². The fourth-order valence-corrected chi connectivity index (χ4v) is 2.66. The van der Waals surface area contributed by atoms with Crippen LogP contribution in [0.2, 0.25) is 0 Å². The van der Waals surface area contributed by atoms with Crippen molar-refractivity contribution in [1.82, 2.24) is 0 Å². The molecule has 2 rings (SSSR count). The van der Waals surface area contributed by atoms with Gasteiger partial charge in [-0.1, -0.05) is 0 Å². The maximum atomic E-state index is 12.1. The molecule has 4 N–H and O–H groups in total. The highest BCUT2D eigenvalue weighted by Crippen LogP contribution is 2.24. The molecule has 0 amide bonds. The number of nitrogens with one attached hydrogen (secondary N) is 1. The van der Waals surface area contributed by atoms with Gasteiger partial charge in [0.05, 0.1) is 4.90 Å². The molecule has 0 bridgehead atoms. The van der Waals surface area contributed by atoms with E-state index >= 15 is 0 Å². The van der Waals surface area contributed by atoms with Crippen LogP contribution in [0.25, 0.3) is 0 Å². The summed E-state index contributed by atoms with van der Waals surface area (Å²) in [5.41, 5.74) is -0.417. The second-order valence-corrected chi connectivity index (χ2v) is 5.82. The molecule has 2 aromatic rings. The molecule has 0 saturated heterocycles. The minimum Gasteiger partial charge on any atom is -0.508 e. The Morgan fingerprint density at radius 1 is 1.00 bits per heavy atom. The second-order valence-electron chi connectivity index (χ2n) is 4.14. The number of sulfonamides is 1. The smallest absolute Gasteiger partial charge is 0.339 e. The minimum atomic E-state index is -3.92. The number of aromatic hydroxyl groups is 2. The maximum absolute atomic E-state index is 12.1. The van der Waals surface area contributed by atoms with E-state index in [0.29, 0.717) is 0 Å². The Kier molecular flexibility index (Phi) is 3.72. The highest BCUT2D eigenvalue weighted by molar-refractivity contribution is 7.92. The third kappa shape index (κ3) is 3.23. The Bertz CT molecular complexity index is 783. The fraction of sp³-hybridized carbons (Fsp3) is 0. The third-order valence-electron chi connectivity index (χ3n) is 2.63. The van der Waals surface area contributed by atoms with Crippen LogP contribution in [-0.4, -0.2) is 29.7 Å². The Hall–Kier alpha value is -2.74. The second kappa shape index (κ2) is 5.33. The number of hydrogen-bond donors (Lipinski definition) is 4. The first-order valence-electron chi connectivity index (χ1n) is 5.68. The molecule has 110 valence electrons. The summed E-state index contributed by atoms with van der Waals surface area (Å²) in [5, 5.41) is 27.4. The van der Waals surface area contributed by atoms with Crippen LogP contribution in [0.4, 0.5) is 5.69 Å². The van der Waals surface area contributed by atoms with E-state index in [2.05, 4.69) is 4.72 Å². The molecule has 0 fully saturated rings. The highest BCUT2D eigenvalue weighted by atomic mass is 32.2. The lowest BCUT2D eigenvalue weighted by Gasteiger charge is -2.09. The van der Waals surface area contributed by atoms with Crippen molar-refractivity contribution in [2.75, 3.05) is 4.72 Å². The van der Waals surface area contributed by atoms with E-state index in [0.717, 1.165) is 12.1 Å². The van der Waals surface area contributed by atoms with Crippen LogP contribution >= 0.6 is 0 Å². The van der Waals surface area contributed by atoms with Crippen molar-refractivity contribution in [1.29, 1.82) is 0 Å². The van der Waals surface area contributed by atoms with Crippen molar-refractivity contribution in [3.05, 3.63) is 48.0 Å². The van der Waals surface area contributed by atoms with Crippen molar-refractivity contribution in [3.63, 3.8) is 0 Å². The average Bonchev–Trinajstić information content (AvgIpc) is 2.41. The fourth-order valence-electron chi connectivity index (χ4n) is 1.61. The molecule has 0 aliphatic rings. The van der Waals surface area contributed by atoms with Crippen molar-refractivity contribution in [2.24, 2.45) is 0 Å². The molecule has 2 aromatic carbocycles. The predicted molar refractivity (Wildman–Crippen MR) is 74.0 cm³/mol. The SMILES string of the molecule is O=C(O)c1cc(NS(=O)(=O)c2ccc(O)cc2)ccc1O. The molecule has 8 heteroatoms. The molecule has 0 aromatic heterocycles. The number of phenols is 2. The van der Waals surface area contributed by atoms with E-state index in [-0.39, 0.29) is 16.3 Å². The van der Waals surface area contributed by atoms with Gasteiger partial charge in [-0.15, -0.1) is 0 Å². The third-order valence-corrected chi connectivity index (χ3v) is 4.02. The summed E-state index contributed by atoms with van der Waals surface area (Å²) in [6.45, 7) is 0. The van der Waals surface area contributed by atoms with E-state index in [1.54, 1.807) is 0 Å². The van der Waals surface area contributed by atoms with Crippen LogP contribution in [0, 0.1) is 0 Å². The average molecular weight is 309 g/mol. The number of carboxylic acid groups (broad SMARTS) is 1. The molecular formula is C13H11NO6S. The van der Waals surface area contributed by atoms with Crippen molar-refractivity contribution >= 4 is 21.7 Å². The van der Waals surface area contributed by atoms with Gasteiger partial charge in [-0.2, -0.15) is 0 Å². The van der Waals surface area contributed by atoms with Crippen molar-refractivity contribution in [2.45, 2.75) is 4.90 Å². The van der Waals surface area contributed by atoms with Gasteiger partial charge in [0.25, 0.3) is 10.0 Å². The summed E-state index contributed by atoms with van der Waals surface area (Å²) in [6, 6.07) is 8.17. The first kappa shape index (κ1) is 14.7. The van der Waals surface area contributed by atoms with E-state index in [4.69, 9.17) is 10.2 Å². The number of anilines is 1. The lowest BCUT2D eigenvalue weighted by molar-refractivity contribution is 0.0693. The van der Waals surface area contributed by atoms with Gasteiger partial charge in [-0.05, 0) is 42.5 Å². The highest BCUT2D eigenvalue weighted by Gasteiger charge is 2.16. The van der Waals surface area contributed by atoms with Gasteiger partial charge in [-0.3, -0.25) is 4.72 Å². The van der Waals surface area contributed by atoms with Crippen LogP contribution in [0.3, 0.4) is 0 Å². The Balaban J connectivity index is 2.35. The molecule has 0 spiro atoms. The zero-order valence-electron chi connectivity index (χ0n) is 10.5. The molecule has 0 atom stereocenters. The number of rotatable bonds is 4. The summed E-state index contributed by atoms with van der Waals surface area (Å²) >= 11 is 0. The summed E-state index contributed by atoms with van der Waals surface area (Å²) in [4.78, 5) is 10.8. The van der Waals surface area contributed by atoms with E-state index in [1.165, 1.54) is 30.3 Å². The van der Waals surface area contributed by atoms with Gasteiger partial charge in [-0.25, -0.2) is 13.2 Å². The number of benzene rings is 2.